The van der Waals surface area contributed by atoms with Crippen LogP contribution in [0.5, 0.6) is 0 Å². The van der Waals surface area contributed by atoms with E-state index in [1.807, 2.05) is 23.5 Å². The molecule has 1 aliphatic rings. The molecule has 0 amide bonds. The van der Waals surface area contributed by atoms with Gasteiger partial charge in [-0.25, -0.2) is 0 Å². The molecule has 2 atom stereocenters. The Morgan fingerprint density at radius 1 is 1.40 bits per heavy atom. The maximum atomic E-state index is 4.81. The SMILES string of the molecule is CCSCCC(C)NC1=NC(Cc2ccccc2)CS1. The molecule has 4 heteroatoms. The maximum absolute atomic E-state index is 4.81. The summed E-state index contributed by atoms with van der Waals surface area (Å²) >= 11 is 3.88. The average Bonchev–Trinajstić information content (AvgIpc) is 2.87. The molecule has 2 rings (SSSR count). The van der Waals surface area contributed by atoms with Crippen molar-refractivity contribution >= 4 is 28.7 Å². The third-order valence-corrected chi connectivity index (χ3v) is 5.28. The molecule has 2 unspecified atom stereocenters. The molecule has 0 saturated heterocycles. The summed E-state index contributed by atoms with van der Waals surface area (Å²) in [5.74, 6) is 3.55. The normalized spacial score (nSPS) is 19.7. The van der Waals surface area contributed by atoms with Crippen LogP contribution in [0.3, 0.4) is 0 Å². The van der Waals surface area contributed by atoms with E-state index in [1.165, 1.54) is 23.5 Å². The van der Waals surface area contributed by atoms with E-state index in [9.17, 15) is 0 Å². The Labute approximate surface area is 131 Å². The second kappa shape index (κ2) is 8.63. The van der Waals surface area contributed by atoms with Gasteiger partial charge >= 0.3 is 0 Å². The lowest BCUT2D eigenvalue weighted by Gasteiger charge is -2.13. The summed E-state index contributed by atoms with van der Waals surface area (Å²) < 4.78 is 0. The lowest BCUT2D eigenvalue weighted by Crippen LogP contribution is -2.30. The molecule has 1 aromatic rings. The number of amidine groups is 1. The number of hydrogen-bond acceptors (Lipinski definition) is 4. The van der Waals surface area contributed by atoms with Crippen LogP contribution in [0.2, 0.25) is 0 Å². The van der Waals surface area contributed by atoms with Crippen molar-refractivity contribution in [2.45, 2.75) is 38.8 Å². The molecule has 0 spiro atoms. The van der Waals surface area contributed by atoms with E-state index in [1.54, 1.807) is 0 Å². The van der Waals surface area contributed by atoms with Crippen molar-refractivity contribution in [3.05, 3.63) is 35.9 Å². The first-order chi connectivity index (χ1) is 9.78. The van der Waals surface area contributed by atoms with Crippen molar-refractivity contribution in [2.24, 2.45) is 4.99 Å². The monoisotopic (exact) mass is 308 g/mol. The summed E-state index contributed by atoms with van der Waals surface area (Å²) in [5.41, 5.74) is 1.38. The molecule has 0 aliphatic carbocycles. The second-order valence-corrected chi connectivity index (χ2v) is 7.52. The minimum atomic E-state index is 0.433. The summed E-state index contributed by atoms with van der Waals surface area (Å²) in [7, 11) is 0. The number of benzene rings is 1. The Balaban J connectivity index is 1.75. The van der Waals surface area contributed by atoms with Crippen LogP contribution in [0.15, 0.2) is 35.3 Å². The van der Waals surface area contributed by atoms with Crippen LogP contribution in [0.1, 0.15) is 25.8 Å². The molecule has 1 aliphatic heterocycles. The van der Waals surface area contributed by atoms with E-state index >= 15 is 0 Å². The molecule has 1 N–H and O–H groups in total. The van der Waals surface area contributed by atoms with E-state index in [0.29, 0.717) is 12.1 Å². The highest BCUT2D eigenvalue weighted by molar-refractivity contribution is 8.14. The van der Waals surface area contributed by atoms with Crippen molar-refractivity contribution in [3.63, 3.8) is 0 Å². The molecular weight excluding hydrogens is 284 g/mol. The van der Waals surface area contributed by atoms with Gasteiger partial charge in [0, 0.05) is 11.8 Å². The fourth-order valence-electron chi connectivity index (χ4n) is 2.17. The molecule has 1 aromatic carbocycles. The van der Waals surface area contributed by atoms with E-state index in [2.05, 4.69) is 49.5 Å². The van der Waals surface area contributed by atoms with Gasteiger partial charge in [-0.2, -0.15) is 11.8 Å². The standard InChI is InChI=1S/C16H24N2S2/c1-3-19-10-9-13(2)17-16-18-15(12-20-16)11-14-7-5-4-6-8-14/h4-8,13,15H,3,9-12H2,1-2H3,(H,17,18). The van der Waals surface area contributed by atoms with E-state index in [0.717, 1.165) is 17.3 Å². The van der Waals surface area contributed by atoms with Crippen molar-refractivity contribution in [3.8, 4) is 0 Å². The van der Waals surface area contributed by atoms with Crippen LogP contribution in [0.25, 0.3) is 0 Å². The van der Waals surface area contributed by atoms with Gasteiger partial charge in [0.1, 0.15) is 0 Å². The smallest absolute Gasteiger partial charge is 0.157 e. The van der Waals surface area contributed by atoms with Gasteiger partial charge in [0.25, 0.3) is 0 Å². The van der Waals surface area contributed by atoms with Gasteiger partial charge < -0.3 is 5.32 Å². The van der Waals surface area contributed by atoms with Gasteiger partial charge in [0.05, 0.1) is 6.04 Å². The van der Waals surface area contributed by atoms with Crippen LogP contribution in [0.4, 0.5) is 0 Å². The molecular formula is C16H24N2S2. The maximum Gasteiger partial charge on any atom is 0.157 e. The molecule has 0 fully saturated rings. The Hall–Kier alpha value is -0.610. The predicted molar refractivity (Wildman–Crippen MR) is 94.0 cm³/mol. The van der Waals surface area contributed by atoms with Gasteiger partial charge in [0.15, 0.2) is 5.17 Å². The first kappa shape index (κ1) is 15.8. The highest BCUT2D eigenvalue weighted by Crippen LogP contribution is 2.20. The first-order valence-electron chi connectivity index (χ1n) is 7.36. The second-order valence-electron chi connectivity index (χ2n) is 5.12. The van der Waals surface area contributed by atoms with Crippen molar-refractivity contribution in [2.75, 3.05) is 17.3 Å². The molecule has 0 aromatic heterocycles. The minimum Gasteiger partial charge on any atom is -0.362 e. The Morgan fingerprint density at radius 3 is 2.95 bits per heavy atom. The predicted octanol–water partition coefficient (Wildman–Crippen LogP) is 3.82. The van der Waals surface area contributed by atoms with Crippen LogP contribution in [-0.2, 0) is 6.42 Å². The molecule has 2 nitrogen and oxygen atoms in total. The Bertz CT molecular complexity index is 420. The first-order valence-corrected chi connectivity index (χ1v) is 9.50. The molecule has 1 heterocycles. The molecule has 110 valence electrons. The molecule has 0 bridgehead atoms. The van der Waals surface area contributed by atoms with Gasteiger partial charge in [-0.15, -0.1) is 0 Å². The van der Waals surface area contributed by atoms with Crippen LogP contribution in [0, 0.1) is 0 Å². The van der Waals surface area contributed by atoms with E-state index in [-0.39, 0.29) is 0 Å². The van der Waals surface area contributed by atoms with Crippen LogP contribution >= 0.6 is 23.5 Å². The minimum absolute atomic E-state index is 0.433. The fourth-order valence-corrected chi connectivity index (χ4v) is 4.03. The van der Waals surface area contributed by atoms with Crippen LogP contribution < -0.4 is 5.32 Å². The lowest BCUT2D eigenvalue weighted by molar-refractivity contribution is 0.647. The zero-order valence-corrected chi connectivity index (χ0v) is 14.0. The van der Waals surface area contributed by atoms with Gasteiger partial charge in [0.2, 0.25) is 0 Å². The number of aliphatic imine (C=N–C) groups is 1. The van der Waals surface area contributed by atoms with Crippen LogP contribution in [-0.4, -0.2) is 34.5 Å². The quantitative estimate of drug-likeness (QED) is 0.775. The summed E-state index contributed by atoms with van der Waals surface area (Å²) in [5, 5.41) is 4.69. The lowest BCUT2D eigenvalue weighted by atomic mass is 10.1. The molecule has 0 saturated carbocycles. The number of rotatable bonds is 7. The Kier molecular flexibility index (Phi) is 6.80. The third kappa shape index (κ3) is 5.41. The average molecular weight is 309 g/mol. The number of nitrogens with one attached hydrogen (secondary N) is 1. The summed E-state index contributed by atoms with van der Waals surface area (Å²) in [6.07, 6.45) is 2.26. The van der Waals surface area contributed by atoms with Crippen molar-refractivity contribution < 1.29 is 0 Å². The topological polar surface area (TPSA) is 24.4 Å². The zero-order chi connectivity index (χ0) is 14.2. The highest BCUT2D eigenvalue weighted by Gasteiger charge is 2.19. The summed E-state index contributed by atoms with van der Waals surface area (Å²) in [6, 6.07) is 11.6. The molecule has 0 radical (unpaired) electrons. The van der Waals surface area contributed by atoms with E-state index in [4.69, 9.17) is 4.99 Å². The largest absolute Gasteiger partial charge is 0.362 e. The highest BCUT2D eigenvalue weighted by atomic mass is 32.2. The van der Waals surface area contributed by atoms with Gasteiger partial charge in [-0.05, 0) is 36.8 Å². The van der Waals surface area contributed by atoms with Gasteiger partial charge in [-0.1, -0.05) is 49.0 Å². The van der Waals surface area contributed by atoms with Gasteiger partial charge in [-0.3, -0.25) is 4.99 Å². The Morgan fingerprint density at radius 2 is 2.20 bits per heavy atom. The summed E-state index contributed by atoms with van der Waals surface area (Å²) in [6.45, 7) is 4.47. The van der Waals surface area contributed by atoms with E-state index < -0.39 is 0 Å². The fraction of sp³-hybridized carbons (Fsp3) is 0.562. The number of nitrogens with zero attached hydrogens (tertiary/aromatic N) is 1. The number of hydrogen-bond donors (Lipinski definition) is 1. The zero-order valence-electron chi connectivity index (χ0n) is 12.3. The van der Waals surface area contributed by atoms with Crippen molar-refractivity contribution in [1.29, 1.82) is 0 Å². The third-order valence-electron chi connectivity index (χ3n) is 3.30. The summed E-state index contributed by atoms with van der Waals surface area (Å²) in [4.78, 5) is 4.81. The van der Waals surface area contributed by atoms with Crippen molar-refractivity contribution in [1.82, 2.24) is 5.32 Å². The number of thioether (sulfide) groups is 2. The molecule has 20 heavy (non-hydrogen) atoms.